The fraction of sp³-hybridized carbons (Fsp3) is 0.944. The summed E-state index contributed by atoms with van der Waals surface area (Å²) in [7, 11) is -2.00. The van der Waals surface area contributed by atoms with Crippen LogP contribution in [0.25, 0.3) is 0 Å². The molecule has 0 radical (unpaired) electrons. The molecule has 0 aliphatic heterocycles. The van der Waals surface area contributed by atoms with Crippen LogP contribution in [0.5, 0.6) is 0 Å². The first-order valence-electron chi connectivity index (χ1n) is 8.92. The number of aliphatic hydroxyl groups is 1. The van der Waals surface area contributed by atoms with Crippen molar-refractivity contribution in [1.82, 2.24) is 0 Å². The number of hydrogen-bond acceptors (Lipinski definition) is 3. The van der Waals surface area contributed by atoms with E-state index in [4.69, 9.17) is 4.43 Å². The van der Waals surface area contributed by atoms with Gasteiger partial charge in [0.1, 0.15) is 0 Å². The highest BCUT2D eigenvalue weighted by molar-refractivity contribution is 6.74. The average Bonchev–Trinajstić information content (AvgIpc) is 2.50. The molecule has 0 bridgehead atoms. The molecule has 0 aromatic rings. The van der Waals surface area contributed by atoms with Gasteiger partial charge < -0.3 is 9.53 Å². The van der Waals surface area contributed by atoms with Crippen molar-refractivity contribution in [2.75, 3.05) is 0 Å². The molecule has 0 spiro atoms. The van der Waals surface area contributed by atoms with Crippen LogP contribution in [-0.2, 0) is 9.22 Å². The van der Waals surface area contributed by atoms with Crippen LogP contribution < -0.4 is 0 Å². The maximum atomic E-state index is 12.7. The van der Waals surface area contributed by atoms with E-state index in [-0.39, 0.29) is 22.8 Å². The number of carbonyl (C=O) groups excluding carboxylic acids is 1. The molecule has 22 heavy (non-hydrogen) atoms. The monoisotopic (exact) mass is 326 g/mol. The van der Waals surface area contributed by atoms with Crippen molar-refractivity contribution in [2.45, 2.75) is 96.1 Å². The van der Waals surface area contributed by atoms with Gasteiger partial charge in [0.25, 0.3) is 0 Å². The predicted octanol–water partition coefficient (Wildman–Crippen LogP) is 4.30. The third-order valence-electron chi connectivity index (χ3n) is 6.31. The van der Waals surface area contributed by atoms with Gasteiger partial charge in [0.05, 0.1) is 6.10 Å². The topological polar surface area (TPSA) is 46.5 Å². The molecule has 2 fully saturated rings. The number of carbonyl (C=O) groups is 1. The molecule has 4 atom stereocenters. The van der Waals surface area contributed by atoms with Crippen LogP contribution in [0.3, 0.4) is 0 Å². The molecule has 0 aromatic carbocycles. The Kier molecular flexibility index (Phi) is 4.97. The van der Waals surface area contributed by atoms with Crippen molar-refractivity contribution in [3.05, 3.63) is 0 Å². The highest BCUT2D eigenvalue weighted by Gasteiger charge is 2.56. The second kappa shape index (κ2) is 6.03. The summed E-state index contributed by atoms with van der Waals surface area (Å²) in [4.78, 5) is 12.7. The van der Waals surface area contributed by atoms with Crippen molar-refractivity contribution in [3.8, 4) is 0 Å². The van der Waals surface area contributed by atoms with Gasteiger partial charge in [-0.2, -0.15) is 0 Å². The quantitative estimate of drug-likeness (QED) is 0.770. The Bertz CT molecular complexity index is 427. The first-order valence-corrected chi connectivity index (χ1v) is 11.8. The van der Waals surface area contributed by atoms with Gasteiger partial charge in [-0.1, -0.05) is 34.1 Å². The SMILES string of the molecule is C[C@@H]1C[C@H]2CCCCC(=O)[C@]2(O)[C@H](O[Si](C)(C)C(C)(C)C)C1. The minimum atomic E-state index is -2.00. The van der Waals surface area contributed by atoms with Gasteiger partial charge in [-0.25, -0.2) is 0 Å². The summed E-state index contributed by atoms with van der Waals surface area (Å²) in [5.41, 5.74) is -1.24. The van der Waals surface area contributed by atoms with E-state index in [1.807, 2.05) is 0 Å². The lowest BCUT2D eigenvalue weighted by Gasteiger charge is -2.50. The summed E-state index contributed by atoms with van der Waals surface area (Å²) in [5.74, 6) is 0.637. The maximum Gasteiger partial charge on any atom is 0.192 e. The lowest BCUT2D eigenvalue weighted by molar-refractivity contribution is -0.169. The van der Waals surface area contributed by atoms with Gasteiger partial charge in [-0.3, -0.25) is 4.79 Å². The molecule has 3 nitrogen and oxygen atoms in total. The number of Topliss-reactive ketones (excluding diaryl/α,β-unsaturated/α-hetero) is 1. The molecular formula is C18H34O3Si. The van der Waals surface area contributed by atoms with Crippen LogP contribution >= 0.6 is 0 Å². The van der Waals surface area contributed by atoms with Crippen LogP contribution in [0, 0.1) is 11.8 Å². The second-order valence-corrected chi connectivity index (χ2v) is 13.9. The number of fused-ring (bicyclic) bond motifs is 1. The van der Waals surface area contributed by atoms with Gasteiger partial charge >= 0.3 is 0 Å². The molecule has 0 saturated heterocycles. The average molecular weight is 327 g/mol. The molecule has 0 amide bonds. The highest BCUT2D eigenvalue weighted by Crippen LogP contribution is 2.47. The third-order valence-corrected chi connectivity index (χ3v) is 10.8. The molecule has 2 aliphatic carbocycles. The Hall–Kier alpha value is -0.193. The van der Waals surface area contributed by atoms with Gasteiger partial charge in [-0.05, 0) is 55.7 Å². The standard InChI is InChI=1S/C18H34O3Si/c1-13-11-14-9-7-8-10-15(19)18(14,20)16(12-13)21-22(5,6)17(2,3)4/h13-14,16,20H,7-12H2,1-6H3/t13-,14-,16-,18+/m1/s1. The normalized spacial score (nSPS) is 37.6. The van der Waals surface area contributed by atoms with Gasteiger partial charge in [0.2, 0.25) is 0 Å². The summed E-state index contributed by atoms with van der Waals surface area (Å²) in [6, 6.07) is 0. The zero-order chi connectivity index (χ0) is 16.8. The van der Waals surface area contributed by atoms with Crippen LogP contribution in [-0.4, -0.2) is 30.9 Å². The fourth-order valence-electron chi connectivity index (χ4n) is 3.86. The lowest BCUT2D eigenvalue weighted by atomic mass is 9.67. The van der Waals surface area contributed by atoms with Crippen molar-refractivity contribution in [3.63, 3.8) is 0 Å². The zero-order valence-corrected chi connectivity index (χ0v) is 16.2. The molecule has 128 valence electrons. The Morgan fingerprint density at radius 3 is 2.45 bits per heavy atom. The first kappa shape index (κ1) is 18.1. The lowest BCUT2D eigenvalue weighted by Crippen LogP contribution is -2.62. The Balaban J connectivity index is 2.32. The molecule has 4 heteroatoms. The molecule has 2 rings (SSSR count). The Morgan fingerprint density at radius 1 is 1.23 bits per heavy atom. The van der Waals surface area contributed by atoms with E-state index in [1.54, 1.807) is 0 Å². The van der Waals surface area contributed by atoms with E-state index < -0.39 is 13.9 Å². The summed E-state index contributed by atoms with van der Waals surface area (Å²) in [5, 5.41) is 11.5. The molecule has 2 aliphatic rings. The van der Waals surface area contributed by atoms with Crippen molar-refractivity contribution in [1.29, 1.82) is 0 Å². The van der Waals surface area contributed by atoms with E-state index in [0.29, 0.717) is 12.3 Å². The Morgan fingerprint density at radius 2 is 1.86 bits per heavy atom. The van der Waals surface area contributed by atoms with Crippen molar-refractivity contribution < 1.29 is 14.3 Å². The van der Waals surface area contributed by atoms with Gasteiger partial charge in [-0.15, -0.1) is 0 Å². The number of rotatable bonds is 2. The highest BCUT2D eigenvalue weighted by atomic mass is 28.4. The predicted molar refractivity (Wildman–Crippen MR) is 92.4 cm³/mol. The molecule has 0 heterocycles. The summed E-state index contributed by atoms with van der Waals surface area (Å²) in [6.45, 7) is 13.3. The smallest absolute Gasteiger partial charge is 0.192 e. The molecule has 0 aromatic heterocycles. The van der Waals surface area contributed by atoms with Gasteiger partial charge in [0.15, 0.2) is 19.7 Å². The number of hydrogen-bond donors (Lipinski definition) is 1. The molecule has 1 N–H and O–H groups in total. The van der Waals surface area contributed by atoms with Crippen molar-refractivity contribution in [2.24, 2.45) is 11.8 Å². The molecule has 0 unspecified atom stereocenters. The third kappa shape index (κ3) is 3.20. The Labute approximate surface area is 137 Å². The first-order chi connectivity index (χ1) is 9.98. The molecular weight excluding hydrogens is 292 g/mol. The van der Waals surface area contributed by atoms with Crippen LogP contribution in [0.1, 0.15) is 66.2 Å². The van der Waals surface area contributed by atoms with Crippen LogP contribution in [0.2, 0.25) is 18.1 Å². The largest absolute Gasteiger partial charge is 0.411 e. The summed E-state index contributed by atoms with van der Waals surface area (Å²) in [6.07, 6.45) is 4.90. The fourth-order valence-corrected chi connectivity index (χ4v) is 5.20. The van der Waals surface area contributed by atoms with E-state index in [2.05, 4.69) is 40.8 Å². The maximum absolute atomic E-state index is 12.7. The number of ketones is 1. The van der Waals surface area contributed by atoms with Crippen molar-refractivity contribution >= 4 is 14.1 Å². The molecule has 2 saturated carbocycles. The van der Waals surface area contributed by atoms with E-state index in [9.17, 15) is 9.90 Å². The van der Waals surface area contributed by atoms with Gasteiger partial charge in [0, 0.05) is 6.42 Å². The minimum absolute atomic E-state index is 0.0330. The summed E-state index contributed by atoms with van der Waals surface area (Å²) < 4.78 is 6.58. The van der Waals surface area contributed by atoms with E-state index in [1.165, 1.54) is 0 Å². The summed E-state index contributed by atoms with van der Waals surface area (Å²) >= 11 is 0. The van der Waals surface area contributed by atoms with E-state index >= 15 is 0 Å². The zero-order valence-electron chi connectivity index (χ0n) is 15.2. The van der Waals surface area contributed by atoms with Crippen LogP contribution in [0.15, 0.2) is 0 Å². The second-order valence-electron chi connectivity index (χ2n) is 9.13. The van der Waals surface area contributed by atoms with Crippen LogP contribution in [0.4, 0.5) is 0 Å². The van der Waals surface area contributed by atoms with E-state index in [0.717, 1.165) is 32.1 Å². The minimum Gasteiger partial charge on any atom is -0.411 e.